The van der Waals surface area contributed by atoms with Crippen molar-refractivity contribution in [3.63, 3.8) is 0 Å². The van der Waals surface area contributed by atoms with Crippen LogP contribution in [0.25, 0.3) is 22.2 Å². The molecule has 2 unspecified atom stereocenters. The fourth-order valence-corrected chi connectivity index (χ4v) is 4.14. The fourth-order valence-electron chi connectivity index (χ4n) is 4.14. The van der Waals surface area contributed by atoms with E-state index in [9.17, 15) is 4.79 Å². The average Bonchev–Trinajstić information content (AvgIpc) is 3.44. The number of hydrogen-bond acceptors (Lipinski definition) is 6. The molecule has 1 fully saturated rings. The summed E-state index contributed by atoms with van der Waals surface area (Å²) in [5.41, 5.74) is 0.919. The van der Waals surface area contributed by atoms with Gasteiger partial charge in [0.1, 0.15) is 5.75 Å². The topological polar surface area (TPSA) is 80.5 Å². The van der Waals surface area contributed by atoms with Crippen molar-refractivity contribution in [3.8, 4) is 17.1 Å². The largest absolute Gasteiger partial charge is 0.484 e. The molecule has 7 heteroatoms. The van der Waals surface area contributed by atoms with Crippen molar-refractivity contribution < 1.29 is 14.1 Å². The Morgan fingerprint density at radius 1 is 1.09 bits per heavy atom. The number of hydrogen-bond donors (Lipinski definition) is 1. The van der Waals surface area contributed by atoms with Crippen molar-refractivity contribution >= 4 is 16.7 Å². The van der Waals surface area contributed by atoms with Crippen molar-refractivity contribution in [3.05, 3.63) is 78.7 Å². The second-order valence-corrected chi connectivity index (χ2v) is 8.08. The number of rotatable bonds is 6. The number of ether oxygens (including phenoxy) is 1. The molecule has 3 aromatic carbocycles. The molecule has 0 saturated carbocycles. The molecule has 0 bridgehead atoms. The van der Waals surface area contributed by atoms with Crippen LogP contribution in [0.2, 0.25) is 0 Å². The van der Waals surface area contributed by atoms with E-state index in [4.69, 9.17) is 9.26 Å². The highest BCUT2D eigenvalue weighted by atomic mass is 16.5. The number of benzene rings is 3. The lowest BCUT2D eigenvalue weighted by molar-refractivity contribution is -0.123. The third-order valence-electron chi connectivity index (χ3n) is 5.76. The number of nitrogens with zero attached hydrogens (tertiary/aromatic N) is 3. The van der Waals surface area contributed by atoms with Crippen LogP contribution in [0.3, 0.4) is 0 Å². The van der Waals surface area contributed by atoms with Gasteiger partial charge in [-0.15, -0.1) is 0 Å². The lowest BCUT2D eigenvalue weighted by atomic mass is 10.1. The molecule has 5 rings (SSSR count). The van der Waals surface area contributed by atoms with Gasteiger partial charge in [-0.25, -0.2) is 0 Å². The van der Waals surface area contributed by atoms with Crippen LogP contribution in [0.4, 0.5) is 0 Å². The number of para-hydroxylation sites is 1. The molecule has 32 heavy (non-hydrogen) atoms. The van der Waals surface area contributed by atoms with Gasteiger partial charge in [0.25, 0.3) is 5.91 Å². The number of fused-ring (bicyclic) bond motifs is 1. The molecule has 2 heterocycles. The number of likely N-dealkylation sites (tertiary alicyclic amines) is 1. The van der Waals surface area contributed by atoms with Gasteiger partial charge in [-0.1, -0.05) is 59.8 Å². The van der Waals surface area contributed by atoms with Crippen LogP contribution in [-0.4, -0.2) is 47.2 Å². The molecule has 1 aromatic heterocycles. The van der Waals surface area contributed by atoms with Crippen LogP contribution in [0, 0.1) is 0 Å². The van der Waals surface area contributed by atoms with Crippen molar-refractivity contribution in [1.82, 2.24) is 20.4 Å². The summed E-state index contributed by atoms with van der Waals surface area (Å²) in [6.45, 7) is 0.691. The Labute approximate surface area is 186 Å². The van der Waals surface area contributed by atoms with Gasteiger partial charge in [-0.2, -0.15) is 4.98 Å². The van der Waals surface area contributed by atoms with E-state index in [1.165, 1.54) is 5.39 Å². The minimum atomic E-state index is -0.143. The number of amides is 1. The molecule has 0 radical (unpaired) electrons. The van der Waals surface area contributed by atoms with Crippen molar-refractivity contribution in [2.45, 2.75) is 18.5 Å². The SMILES string of the molecule is CN1CC(NC(=O)COc2ccccc2)CC1c1nc(-c2ccc3ccccc3c2)no1. The Kier molecular flexibility index (Phi) is 5.56. The second kappa shape index (κ2) is 8.80. The number of likely N-dealkylation sites (N-methyl/N-ethyl adjacent to an activating group) is 1. The molecule has 1 saturated heterocycles. The van der Waals surface area contributed by atoms with Gasteiger partial charge in [0.2, 0.25) is 11.7 Å². The van der Waals surface area contributed by atoms with Gasteiger partial charge >= 0.3 is 0 Å². The molecule has 1 aliphatic heterocycles. The third-order valence-corrected chi connectivity index (χ3v) is 5.76. The molecule has 0 spiro atoms. The van der Waals surface area contributed by atoms with Gasteiger partial charge in [0.15, 0.2) is 6.61 Å². The monoisotopic (exact) mass is 428 g/mol. The zero-order chi connectivity index (χ0) is 21.9. The van der Waals surface area contributed by atoms with Crippen LogP contribution < -0.4 is 10.1 Å². The van der Waals surface area contributed by atoms with Gasteiger partial charge in [0, 0.05) is 18.2 Å². The first-order chi connectivity index (χ1) is 15.7. The Morgan fingerprint density at radius 2 is 1.88 bits per heavy atom. The summed E-state index contributed by atoms with van der Waals surface area (Å²) >= 11 is 0. The lowest BCUT2D eigenvalue weighted by Crippen LogP contribution is -2.39. The van der Waals surface area contributed by atoms with Crippen molar-refractivity contribution in [2.24, 2.45) is 0 Å². The van der Waals surface area contributed by atoms with Gasteiger partial charge in [0.05, 0.1) is 6.04 Å². The first-order valence-electron chi connectivity index (χ1n) is 10.7. The molecule has 162 valence electrons. The Hall–Kier alpha value is -3.71. The van der Waals surface area contributed by atoms with Crippen LogP contribution >= 0.6 is 0 Å². The average molecular weight is 428 g/mol. The van der Waals surface area contributed by atoms with E-state index in [0.29, 0.717) is 30.4 Å². The third kappa shape index (κ3) is 4.33. The Balaban J connectivity index is 1.22. The minimum Gasteiger partial charge on any atom is -0.484 e. The first-order valence-corrected chi connectivity index (χ1v) is 10.7. The van der Waals surface area contributed by atoms with E-state index >= 15 is 0 Å². The molecule has 0 aliphatic carbocycles. The first kappa shape index (κ1) is 20.2. The number of nitrogens with one attached hydrogen (secondary N) is 1. The molecule has 1 N–H and O–H groups in total. The van der Waals surface area contributed by atoms with Crippen LogP contribution in [0.1, 0.15) is 18.4 Å². The Bertz CT molecular complexity index is 1220. The molecule has 7 nitrogen and oxygen atoms in total. The van der Waals surface area contributed by atoms with Crippen LogP contribution in [-0.2, 0) is 4.79 Å². The van der Waals surface area contributed by atoms with E-state index in [-0.39, 0.29) is 24.6 Å². The number of aromatic nitrogens is 2. The van der Waals surface area contributed by atoms with E-state index in [0.717, 1.165) is 10.9 Å². The molecular formula is C25H24N4O3. The standard InChI is InChI=1S/C25H24N4O3/c1-29-15-20(26-23(30)16-31-21-9-3-2-4-10-21)14-22(29)25-27-24(28-32-25)19-12-11-17-7-5-6-8-18(17)13-19/h2-13,20,22H,14-16H2,1H3,(H,26,30). The maximum Gasteiger partial charge on any atom is 0.258 e. The van der Waals surface area contributed by atoms with Crippen molar-refractivity contribution in [1.29, 1.82) is 0 Å². The zero-order valence-electron chi connectivity index (χ0n) is 17.8. The summed E-state index contributed by atoms with van der Waals surface area (Å²) in [5, 5.41) is 9.55. The summed E-state index contributed by atoms with van der Waals surface area (Å²) in [5.74, 6) is 1.67. The highest BCUT2D eigenvalue weighted by molar-refractivity contribution is 5.86. The van der Waals surface area contributed by atoms with Crippen molar-refractivity contribution in [2.75, 3.05) is 20.2 Å². The lowest BCUT2D eigenvalue weighted by Gasteiger charge is -2.14. The predicted octanol–water partition coefficient (Wildman–Crippen LogP) is 3.83. The van der Waals surface area contributed by atoms with E-state index in [1.807, 2.05) is 55.6 Å². The summed E-state index contributed by atoms with van der Waals surface area (Å²) in [6.07, 6.45) is 0.701. The molecule has 1 aliphatic rings. The summed E-state index contributed by atoms with van der Waals surface area (Å²) in [7, 11) is 2.00. The maximum absolute atomic E-state index is 12.3. The van der Waals surface area contributed by atoms with Gasteiger partial charge in [-0.3, -0.25) is 9.69 Å². The second-order valence-electron chi connectivity index (χ2n) is 8.08. The number of carbonyl (C=O) groups is 1. The smallest absolute Gasteiger partial charge is 0.258 e. The predicted molar refractivity (Wildman–Crippen MR) is 121 cm³/mol. The molecule has 2 atom stereocenters. The molecule has 4 aromatic rings. The normalized spacial score (nSPS) is 18.7. The van der Waals surface area contributed by atoms with Crippen LogP contribution in [0.15, 0.2) is 77.3 Å². The quantitative estimate of drug-likeness (QED) is 0.503. The maximum atomic E-state index is 12.3. The van der Waals surface area contributed by atoms with Gasteiger partial charge < -0.3 is 14.6 Å². The van der Waals surface area contributed by atoms with E-state index in [2.05, 4.69) is 44.6 Å². The number of carbonyl (C=O) groups excluding carboxylic acids is 1. The van der Waals surface area contributed by atoms with E-state index < -0.39 is 0 Å². The zero-order valence-corrected chi connectivity index (χ0v) is 17.8. The van der Waals surface area contributed by atoms with Gasteiger partial charge in [-0.05, 0) is 42.4 Å². The fraction of sp³-hybridized carbons (Fsp3) is 0.240. The molecule has 1 amide bonds. The summed E-state index contributed by atoms with van der Waals surface area (Å²) in [6, 6.07) is 23.6. The Morgan fingerprint density at radius 3 is 2.72 bits per heavy atom. The summed E-state index contributed by atoms with van der Waals surface area (Å²) < 4.78 is 11.1. The molecular weight excluding hydrogens is 404 g/mol. The summed E-state index contributed by atoms with van der Waals surface area (Å²) in [4.78, 5) is 19.1. The highest BCUT2D eigenvalue weighted by Gasteiger charge is 2.35. The van der Waals surface area contributed by atoms with Crippen LogP contribution in [0.5, 0.6) is 5.75 Å². The minimum absolute atomic E-state index is 0.00658. The van der Waals surface area contributed by atoms with E-state index in [1.54, 1.807) is 0 Å². The highest BCUT2D eigenvalue weighted by Crippen LogP contribution is 2.31.